The van der Waals surface area contributed by atoms with E-state index in [0.29, 0.717) is 5.39 Å². The van der Waals surface area contributed by atoms with E-state index in [2.05, 4.69) is 16.8 Å². The Bertz CT molecular complexity index is 631. The Morgan fingerprint density at radius 1 is 1.37 bits per heavy atom. The normalized spacial score (nSPS) is 13.1. The molecular weight excluding hydrogens is 238 g/mol. The molecule has 0 aliphatic rings. The number of hydrogen-bond donors (Lipinski definition) is 0. The van der Waals surface area contributed by atoms with E-state index in [4.69, 9.17) is 0 Å². The largest absolute Gasteiger partial charge is 0.307 e. The second kappa shape index (κ2) is 5.53. The van der Waals surface area contributed by atoms with E-state index < -0.39 is 0 Å². The Morgan fingerprint density at radius 3 is 2.74 bits per heavy atom. The fourth-order valence-electron chi connectivity index (χ4n) is 2.35. The van der Waals surface area contributed by atoms with E-state index in [0.717, 1.165) is 24.0 Å². The molecule has 102 valence electrons. The summed E-state index contributed by atoms with van der Waals surface area (Å²) in [7, 11) is 4.04. The SMILES string of the molecule is CC[C@@H](CN(C)C)n1cnc2ccc(C)cc2c1=O. The van der Waals surface area contributed by atoms with Gasteiger partial charge in [-0.1, -0.05) is 18.6 Å². The summed E-state index contributed by atoms with van der Waals surface area (Å²) in [6.45, 7) is 4.93. The van der Waals surface area contributed by atoms with E-state index in [-0.39, 0.29) is 11.6 Å². The van der Waals surface area contributed by atoms with Crippen molar-refractivity contribution in [1.29, 1.82) is 0 Å². The van der Waals surface area contributed by atoms with Crippen LogP contribution in [-0.4, -0.2) is 35.1 Å². The second-order valence-corrected chi connectivity index (χ2v) is 5.30. The molecule has 2 rings (SSSR count). The van der Waals surface area contributed by atoms with E-state index in [9.17, 15) is 4.79 Å². The van der Waals surface area contributed by atoms with Gasteiger partial charge in [-0.05, 0) is 39.6 Å². The fourth-order valence-corrected chi connectivity index (χ4v) is 2.35. The number of likely N-dealkylation sites (N-methyl/N-ethyl adjacent to an activating group) is 1. The van der Waals surface area contributed by atoms with E-state index in [1.54, 1.807) is 10.9 Å². The van der Waals surface area contributed by atoms with Crippen molar-refractivity contribution >= 4 is 10.9 Å². The summed E-state index contributed by atoms with van der Waals surface area (Å²) in [5, 5.41) is 0.708. The third-order valence-corrected chi connectivity index (χ3v) is 3.38. The summed E-state index contributed by atoms with van der Waals surface area (Å²) in [6.07, 6.45) is 2.59. The number of fused-ring (bicyclic) bond motifs is 1. The maximum Gasteiger partial charge on any atom is 0.261 e. The molecule has 2 aromatic rings. The van der Waals surface area contributed by atoms with E-state index >= 15 is 0 Å². The second-order valence-electron chi connectivity index (χ2n) is 5.30. The average Bonchev–Trinajstić information content (AvgIpc) is 2.37. The molecule has 0 amide bonds. The first kappa shape index (κ1) is 13.7. The monoisotopic (exact) mass is 259 g/mol. The minimum atomic E-state index is 0.0578. The fraction of sp³-hybridized carbons (Fsp3) is 0.467. The lowest BCUT2D eigenvalue weighted by Gasteiger charge is -2.21. The number of benzene rings is 1. The van der Waals surface area contributed by atoms with Gasteiger partial charge in [0.1, 0.15) is 0 Å². The van der Waals surface area contributed by atoms with Crippen molar-refractivity contribution in [2.24, 2.45) is 0 Å². The number of hydrogen-bond acceptors (Lipinski definition) is 3. The topological polar surface area (TPSA) is 38.1 Å². The Labute approximate surface area is 113 Å². The molecule has 1 heterocycles. The predicted molar refractivity (Wildman–Crippen MR) is 78.6 cm³/mol. The molecule has 4 heteroatoms. The van der Waals surface area contributed by atoms with Gasteiger partial charge in [0.25, 0.3) is 5.56 Å². The highest BCUT2D eigenvalue weighted by atomic mass is 16.1. The lowest BCUT2D eigenvalue weighted by molar-refractivity contribution is 0.311. The Kier molecular flexibility index (Phi) is 4.00. The Balaban J connectivity index is 2.55. The third kappa shape index (κ3) is 2.84. The molecule has 0 aliphatic heterocycles. The van der Waals surface area contributed by atoms with Crippen LogP contribution in [0.1, 0.15) is 24.9 Å². The quantitative estimate of drug-likeness (QED) is 0.845. The van der Waals surface area contributed by atoms with Crippen LogP contribution in [0.15, 0.2) is 29.3 Å². The minimum absolute atomic E-state index is 0.0578. The summed E-state index contributed by atoms with van der Waals surface area (Å²) < 4.78 is 1.77. The number of nitrogens with zero attached hydrogens (tertiary/aromatic N) is 3. The number of rotatable bonds is 4. The zero-order valence-corrected chi connectivity index (χ0v) is 12.1. The lowest BCUT2D eigenvalue weighted by Crippen LogP contribution is -2.31. The average molecular weight is 259 g/mol. The smallest absolute Gasteiger partial charge is 0.261 e. The molecule has 0 radical (unpaired) electrons. The zero-order valence-electron chi connectivity index (χ0n) is 12.1. The van der Waals surface area contributed by atoms with Gasteiger partial charge in [0.15, 0.2) is 0 Å². The highest BCUT2D eigenvalue weighted by molar-refractivity contribution is 5.77. The van der Waals surface area contributed by atoms with Crippen LogP contribution in [0.2, 0.25) is 0 Å². The Morgan fingerprint density at radius 2 is 2.11 bits per heavy atom. The van der Waals surface area contributed by atoms with Crippen molar-refractivity contribution < 1.29 is 0 Å². The van der Waals surface area contributed by atoms with Crippen LogP contribution in [0.5, 0.6) is 0 Å². The van der Waals surface area contributed by atoms with Gasteiger partial charge in [-0.15, -0.1) is 0 Å². The van der Waals surface area contributed by atoms with Crippen LogP contribution in [0, 0.1) is 6.92 Å². The molecule has 0 aliphatic carbocycles. The maximum absolute atomic E-state index is 12.6. The molecule has 19 heavy (non-hydrogen) atoms. The van der Waals surface area contributed by atoms with Gasteiger partial charge in [0.2, 0.25) is 0 Å². The first-order chi connectivity index (χ1) is 9.02. The minimum Gasteiger partial charge on any atom is -0.307 e. The van der Waals surface area contributed by atoms with Gasteiger partial charge in [-0.25, -0.2) is 4.98 Å². The summed E-state index contributed by atoms with van der Waals surface area (Å²) in [5.74, 6) is 0. The molecule has 1 atom stereocenters. The number of aryl methyl sites for hydroxylation is 1. The summed E-state index contributed by atoms with van der Waals surface area (Å²) >= 11 is 0. The van der Waals surface area contributed by atoms with Gasteiger partial charge < -0.3 is 4.90 Å². The molecule has 0 saturated carbocycles. The van der Waals surface area contributed by atoms with Crippen molar-refractivity contribution in [1.82, 2.24) is 14.5 Å². The van der Waals surface area contributed by atoms with Crippen LogP contribution in [-0.2, 0) is 0 Å². The molecule has 1 aromatic heterocycles. The zero-order chi connectivity index (χ0) is 14.0. The summed E-state index contributed by atoms with van der Waals surface area (Å²) in [5.41, 5.74) is 1.92. The van der Waals surface area contributed by atoms with Gasteiger partial charge in [-0.2, -0.15) is 0 Å². The molecule has 1 aromatic carbocycles. The lowest BCUT2D eigenvalue weighted by atomic mass is 10.1. The molecule has 4 nitrogen and oxygen atoms in total. The van der Waals surface area contributed by atoms with Crippen molar-refractivity contribution in [3.8, 4) is 0 Å². The first-order valence-corrected chi connectivity index (χ1v) is 6.65. The van der Waals surface area contributed by atoms with E-state index in [1.807, 2.05) is 39.2 Å². The van der Waals surface area contributed by atoms with Gasteiger partial charge in [0.05, 0.1) is 23.3 Å². The van der Waals surface area contributed by atoms with Crippen LogP contribution >= 0.6 is 0 Å². The summed E-state index contributed by atoms with van der Waals surface area (Å²) in [4.78, 5) is 19.1. The highest BCUT2D eigenvalue weighted by Gasteiger charge is 2.13. The van der Waals surface area contributed by atoms with Crippen molar-refractivity contribution in [2.75, 3.05) is 20.6 Å². The molecule has 0 unspecified atom stereocenters. The molecule has 0 fully saturated rings. The van der Waals surface area contributed by atoms with E-state index in [1.165, 1.54) is 0 Å². The molecule has 0 N–H and O–H groups in total. The first-order valence-electron chi connectivity index (χ1n) is 6.65. The molecular formula is C15H21N3O. The van der Waals surface area contributed by atoms with Gasteiger partial charge in [-0.3, -0.25) is 9.36 Å². The Hall–Kier alpha value is -1.68. The van der Waals surface area contributed by atoms with Gasteiger partial charge in [0, 0.05) is 6.54 Å². The van der Waals surface area contributed by atoms with Crippen LogP contribution in [0.3, 0.4) is 0 Å². The third-order valence-electron chi connectivity index (χ3n) is 3.38. The van der Waals surface area contributed by atoms with Crippen molar-refractivity contribution in [2.45, 2.75) is 26.3 Å². The van der Waals surface area contributed by atoms with Crippen molar-refractivity contribution in [3.05, 3.63) is 40.4 Å². The standard InChI is InChI=1S/C15H21N3O/c1-5-12(9-17(3)4)18-10-16-14-7-6-11(2)8-13(14)15(18)19/h6-8,10,12H,5,9H2,1-4H3/t12-/m0/s1. The number of aromatic nitrogens is 2. The van der Waals surface area contributed by atoms with Crippen molar-refractivity contribution in [3.63, 3.8) is 0 Å². The van der Waals surface area contributed by atoms with Crippen LogP contribution in [0.4, 0.5) is 0 Å². The molecule has 0 bridgehead atoms. The van der Waals surface area contributed by atoms with Crippen LogP contribution in [0.25, 0.3) is 10.9 Å². The summed E-state index contributed by atoms with van der Waals surface area (Å²) in [6, 6.07) is 5.98. The van der Waals surface area contributed by atoms with Gasteiger partial charge >= 0.3 is 0 Å². The predicted octanol–water partition coefficient (Wildman–Crippen LogP) is 2.22. The highest BCUT2D eigenvalue weighted by Crippen LogP contribution is 2.13. The maximum atomic E-state index is 12.6. The molecule has 0 spiro atoms. The van der Waals surface area contributed by atoms with Crippen LogP contribution < -0.4 is 5.56 Å². The molecule has 0 saturated heterocycles.